The number of fused-ring (bicyclic) bond motifs is 1. The number of aryl methyl sites for hydroxylation is 2. The van der Waals surface area contributed by atoms with Crippen LogP contribution in [0.25, 0.3) is 10.2 Å². The average molecular weight is 478 g/mol. The Morgan fingerprint density at radius 1 is 1.15 bits per heavy atom. The molecule has 1 aliphatic rings. The van der Waals surface area contributed by atoms with E-state index < -0.39 is 0 Å². The van der Waals surface area contributed by atoms with Gasteiger partial charge < -0.3 is 18.9 Å². The van der Waals surface area contributed by atoms with Crippen molar-refractivity contribution < 1.29 is 18.8 Å². The van der Waals surface area contributed by atoms with Crippen molar-refractivity contribution >= 4 is 27.5 Å². The van der Waals surface area contributed by atoms with E-state index in [1.807, 2.05) is 30.9 Å². The van der Waals surface area contributed by atoms with Crippen molar-refractivity contribution in [2.75, 3.05) is 20.2 Å². The number of piperidine rings is 1. The highest BCUT2D eigenvalue weighted by molar-refractivity contribution is 7.18. The Morgan fingerprint density at radius 2 is 1.94 bits per heavy atom. The molecule has 0 saturated carbocycles. The molecule has 4 aromatic rings. The van der Waals surface area contributed by atoms with Crippen molar-refractivity contribution in [3.8, 4) is 11.5 Å². The maximum Gasteiger partial charge on any atom is 0.253 e. The third kappa shape index (κ3) is 4.37. The zero-order chi connectivity index (χ0) is 23.7. The Hall–Kier alpha value is -3.39. The first-order chi connectivity index (χ1) is 16.5. The van der Waals surface area contributed by atoms with Crippen LogP contribution >= 0.6 is 11.3 Å². The minimum atomic E-state index is 0.0123. The van der Waals surface area contributed by atoms with Crippen molar-refractivity contribution in [2.24, 2.45) is 0 Å². The number of likely N-dealkylation sites (tertiary alicyclic amines) is 1. The second-order valence-corrected chi connectivity index (χ2v) is 9.61. The first-order valence-corrected chi connectivity index (χ1v) is 12.2. The number of hydrogen-bond donors (Lipinski definition) is 0. The van der Waals surface area contributed by atoms with Crippen molar-refractivity contribution in [1.82, 2.24) is 15.0 Å². The first-order valence-electron chi connectivity index (χ1n) is 11.4. The number of carbonyl (C=O) groups is 1. The molecule has 1 saturated heterocycles. The number of methoxy groups -OCH3 is 1. The summed E-state index contributed by atoms with van der Waals surface area (Å²) in [4.78, 5) is 19.9. The second kappa shape index (κ2) is 9.46. The maximum absolute atomic E-state index is 13.2. The van der Waals surface area contributed by atoms with E-state index in [0.717, 1.165) is 35.4 Å². The van der Waals surface area contributed by atoms with Crippen LogP contribution in [-0.2, 0) is 6.61 Å². The molecule has 1 aliphatic heterocycles. The fraction of sp³-hybridized carbons (Fsp3) is 0.346. The Balaban J connectivity index is 1.23. The third-order valence-corrected chi connectivity index (χ3v) is 7.60. The van der Waals surface area contributed by atoms with Crippen LogP contribution in [0.2, 0.25) is 0 Å². The number of benzene rings is 2. The van der Waals surface area contributed by atoms with Gasteiger partial charge in [-0.05, 0) is 57.0 Å². The van der Waals surface area contributed by atoms with E-state index in [4.69, 9.17) is 19.0 Å². The molecule has 5 rings (SSSR count). The van der Waals surface area contributed by atoms with Gasteiger partial charge in [-0.2, -0.15) is 0 Å². The Morgan fingerprint density at radius 3 is 2.65 bits per heavy atom. The predicted molar refractivity (Wildman–Crippen MR) is 131 cm³/mol. The van der Waals surface area contributed by atoms with Crippen LogP contribution in [0.3, 0.4) is 0 Å². The molecule has 176 valence electrons. The highest BCUT2D eigenvalue weighted by Gasteiger charge is 2.27. The minimum absolute atomic E-state index is 0.0123. The van der Waals surface area contributed by atoms with E-state index in [9.17, 15) is 4.79 Å². The standard InChI is InChI=1S/C26H27N3O4S/c1-16-20(17(2)33-28-16)15-32-22-9-8-19(14-23(22)31-3)26(30)29-12-10-18(11-13-29)25-27-21-6-4-5-7-24(21)34-25/h4-9,14,18H,10-13,15H2,1-3H3. The SMILES string of the molecule is COc1cc(C(=O)N2CCC(c3nc4ccccc4s3)CC2)ccc1OCc1c(C)noc1C. The number of para-hydroxylation sites is 1. The molecule has 34 heavy (non-hydrogen) atoms. The van der Waals surface area contributed by atoms with Crippen LogP contribution in [0.5, 0.6) is 11.5 Å². The number of aromatic nitrogens is 2. The van der Waals surface area contributed by atoms with Gasteiger partial charge in [0.05, 0.1) is 33.6 Å². The van der Waals surface area contributed by atoms with E-state index in [-0.39, 0.29) is 5.91 Å². The molecule has 0 spiro atoms. The summed E-state index contributed by atoms with van der Waals surface area (Å²) < 4.78 is 17.9. The monoisotopic (exact) mass is 477 g/mol. The lowest BCUT2D eigenvalue weighted by molar-refractivity contribution is 0.0712. The zero-order valence-electron chi connectivity index (χ0n) is 19.5. The number of ether oxygens (including phenoxy) is 2. The van der Waals surface area contributed by atoms with Gasteiger partial charge in [0.25, 0.3) is 5.91 Å². The van der Waals surface area contributed by atoms with Crippen LogP contribution < -0.4 is 9.47 Å². The van der Waals surface area contributed by atoms with Crippen LogP contribution in [0.4, 0.5) is 0 Å². The molecule has 0 atom stereocenters. The molecule has 1 amide bonds. The largest absolute Gasteiger partial charge is 0.493 e. The summed E-state index contributed by atoms with van der Waals surface area (Å²) in [5.74, 6) is 2.25. The van der Waals surface area contributed by atoms with E-state index in [0.29, 0.717) is 42.7 Å². The molecule has 7 nitrogen and oxygen atoms in total. The number of rotatable bonds is 6. The first kappa shape index (κ1) is 22.4. The molecule has 0 radical (unpaired) electrons. The van der Waals surface area contributed by atoms with Crippen molar-refractivity contribution in [2.45, 2.75) is 39.2 Å². The lowest BCUT2D eigenvalue weighted by Gasteiger charge is -2.31. The van der Waals surface area contributed by atoms with Gasteiger partial charge >= 0.3 is 0 Å². The summed E-state index contributed by atoms with van der Waals surface area (Å²) in [6.07, 6.45) is 1.84. The number of hydrogen-bond acceptors (Lipinski definition) is 7. The molecule has 0 unspecified atom stereocenters. The van der Waals surface area contributed by atoms with Gasteiger partial charge in [-0.1, -0.05) is 17.3 Å². The molecule has 0 bridgehead atoms. The highest BCUT2D eigenvalue weighted by Crippen LogP contribution is 2.35. The van der Waals surface area contributed by atoms with Crippen molar-refractivity contribution in [3.63, 3.8) is 0 Å². The molecule has 2 aromatic heterocycles. The zero-order valence-corrected chi connectivity index (χ0v) is 20.4. The van der Waals surface area contributed by atoms with E-state index in [1.54, 1.807) is 36.6 Å². The van der Waals surface area contributed by atoms with Crippen LogP contribution in [0, 0.1) is 13.8 Å². The summed E-state index contributed by atoms with van der Waals surface area (Å²) in [6, 6.07) is 13.6. The van der Waals surface area contributed by atoms with Gasteiger partial charge in [-0.3, -0.25) is 4.79 Å². The predicted octanol–water partition coefficient (Wildman–Crippen LogP) is 5.51. The average Bonchev–Trinajstić information content (AvgIpc) is 3.45. The molecule has 1 fully saturated rings. The fourth-order valence-corrected chi connectivity index (χ4v) is 5.49. The molecular weight excluding hydrogens is 450 g/mol. The van der Waals surface area contributed by atoms with Gasteiger partial charge in [-0.25, -0.2) is 4.98 Å². The topological polar surface area (TPSA) is 77.7 Å². The molecule has 2 aromatic carbocycles. The summed E-state index contributed by atoms with van der Waals surface area (Å²) in [5, 5.41) is 5.13. The minimum Gasteiger partial charge on any atom is -0.493 e. The van der Waals surface area contributed by atoms with E-state index in [1.165, 1.54) is 9.71 Å². The summed E-state index contributed by atoms with van der Waals surface area (Å²) in [5.41, 5.74) is 3.38. The van der Waals surface area contributed by atoms with Gasteiger partial charge in [0.1, 0.15) is 12.4 Å². The molecular formula is C26H27N3O4S. The van der Waals surface area contributed by atoms with E-state index >= 15 is 0 Å². The fourth-order valence-electron chi connectivity index (χ4n) is 4.35. The lowest BCUT2D eigenvalue weighted by atomic mass is 9.97. The molecule has 0 N–H and O–H groups in total. The number of thiazole rings is 1. The Bertz CT molecular complexity index is 1270. The van der Waals surface area contributed by atoms with E-state index in [2.05, 4.69) is 17.3 Å². The smallest absolute Gasteiger partial charge is 0.253 e. The number of carbonyl (C=O) groups excluding carboxylic acids is 1. The van der Waals surface area contributed by atoms with Crippen molar-refractivity contribution in [3.05, 3.63) is 70.1 Å². The third-order valence-electron chi connectivity index (χ3n) is 6.41. The molecule has 3 heterocycles. The molecule has 8 heteroatoms. The normalized spacial score (nSPS) is 14.5. The Labute approximate surface area is 202 Å². The second-order valence-electron chi connectivity index (χ2n) is 8.54. The lowest BCUT2D eigenvalue weighted by Crippen LogP contribution is -2.37. The number of amides is 1. The maximum atomic E-state index is 13.2. The highest BCUT2D eigenvalue weighted by atomic mass is 32.1. The van der Waals surface area contributed by atoms with Crippen LogP contribution in [0.15, 0.2) is 47.0 Å². The van der Waals surface area contributed by atoms with Gasteiger partial charge in [0.15, 0.2) is 11.5 Å². The number of nitrogens with zero attached hydrogens (tertiary/aromatic N) is 3. The van der Waals surface area contributed by atoms with Gasteiger partial charge in [0, 0.05) is 24.6 Å². The molecule has 0 aliphatic carbocycles. The van der Waals surface area contributed by atoms with Gasteiger partial charge in [-0.15, -0.1) is 11.3 Å². The summed E-state index contributed by atoms with van der Waals surface area (Å²) >= 11 is 1.77. The summed E-state index contributed by atoms with van der Waals surface area (Å²) in [7, 11) is 1.58. The quantitative estimate of drug-likeness (QED) is 0.364. The summed E-state index contributed by atoms with van der Waals surface area (Å²) in [6.45, 7) is 5.49. The van der Waals surface area contributed by atoms with Crippen molar-refractivity contribution in [1.29, 1.82) is 0 Å². The van der Waals surface area contributed by atoms with Crippen LogP contribution in [0.1, 0.15) is 51.1 Å². The van der Waals surface area contributed by atoms with Gasteiger partial charge in [0.2, 0.25) is 0 Å². The van der Waals surface area contributed by atoms with Crippen LogP contribution in [-0.4, -0.2) is 41.1 Å². The Kier molecular flexibility index (Phi) is 6.24.